The quantitative estimate of drug-likeness (QED) is 0.897. The zero-order valence-electron chi connectivity index (χ0n) is 10.6. The van der Waals surface area contributed by atoms with Gasteiger partial charge in [0.15, 0.2) is 23.1 Å². The third-order valence-corrected chi connectivity index (χ3v) is 2.73. The molecule has 0 fully saturated rings. The van der Waals surface area contributed by atoms with E-state index >= 15 is 0 Å². The Morgan fingerprint density at radius 2 is 1.95 bits per heavy atom. The number of amides is 1. The number of rotatable bonds is 3. The molecule has 1 atom stereocenters. The van der Waals surface area contributed by atoms with E-state index in [1.54, 1.807) is 6.92 Å². The molecular weight excluding hydrogens is 266 g/mol. The molecule has 1 aromatic carbocycles. The molecule has 1 aromatic heterocycles. The topological polar surface area (TPSA) is 80.9 Å². The van der Waals surface area contributed by atoms with Gasteiger partial charge in [0, 0.05) is 12.4 Å². The predicted octanol–water partition coefficient (Wildman–Crippen LogP) is 1.83. The zero-order chi connectivity index (χ0) is 14.7. The van der Waals surface area contributed by atoms with Gasteiger partial charge in [0.1, 0.15) is 0 Å². The molecule has 20 heavy (non-hydrogen) atoms. The van der Waals surface area contributed by atoms with Crippen LogP contribution in [0.1, 0.15) is 29.0 Å². The molecule has 1 amide bonds. The summed E-state index contributed by atoms with van der Waals surface area (Å²) in [4.78, 5) is 19.5. The molecule has 0 aliphatic heterocycles. The van der Waals surface area contributed by atoms with Crippen LogP contribution in [0.3, 0.4) is 0 Å². The van der Waals surface area contributed by atoms with Gasteiger partial charge in [-0.05, 0) is 24.6 Å². The largest absolute Gasteiger partial charge is 0.382 e. The van der Waals surface area contributed by atoms with Crippen molar-refractivity contribution in [2.45, 2.75) is 13.0 Å². The van der Waals surface area contributed by atoms with Crippen LogP contribution in [0.4, 0.5) is 14.6 Å². The second kappa shape index (κ2) is 5.60. The van der Waals surface area contributed by atoms with E-state index in [4.69, 9.17) is 5.73 Å². The number of carbonyl (C=O) groups is 1. The number of aromatic nitrogens is 2. The monoisotopic (exact) mass is 278 g/mol. The van der Waals surface area contributed by atoms with Crippen molar-refractivity contribution in [3.8, 4) is 0 Å². The highest BCUT2D eigenvalue weighted by atomic mass is 19.2. The number of carbonyl (C=O) groups excluding carboxylic acids is 1. The Morgan fingerprint density at radius 1 is 1.25 bits per heavy atom. The number of nitrogens with one attached hydrogen (secondary N) is 1. The molecule has 104 valence electrons. The molecule has 1 heterocycles. The van der Waals surface area contributed by atoms with Gasteiger partial charge in [-0.2, -0.15) is 0 Å². The third-order valence-electron chi connectivity index (χ3n) is 2.73. The summed E-state index contributed by atoms with van der Waals surface area (Å²) in [5, 5.41) is 2.59. The Bertz CT molecular complexity index is 648. The Balaban J connectivity index is 2.15. The van der Waals surface area contributed by atoms with Crippen LogP contribution in [0.5, 0.6) is 0 Å². The molecule has 0 unspecified atom stereocenters. The lowest BCUT2D eigenvalue weighted by Gasteiger charge is -2.14. The number of hydrogen-bond donors (Lipinski definition) is 2. The first-order chi connectivity index (χ1) is 9.49. The minimum Gasteiger partial charge on any atom is -0.382 e. The summed E-state index contributed by atoms with van der Waals surface area (Å²) >= 11 is 0. The van der Waals surface area contributed by atoms with Gasteiger partial charge in [-0.1, -0.05) is 6.07 Å². The Hall–Kier alpha value is -2.57. The molecule has 0 radical (unpaired) electrons. The van der Waals surface area contributed by atoms with Crippen LogP contribution in [0.2, 0.25) is 0 Å². The number of nitrogen functional groups attached to an aromatic ring is 1. The van der Waals surface area contributed by atoms with E-state index in [2.05, 4.69) is 15.3 Å². The van der Waals surface area contributed by atoms with Crippen molar-refractivity contribution in [1.82, 2.24) is 15.3 Å². The molecule has 7 heteroatoms. The molecule has 0 spiro atoms. The number of nitrogens with zero attached hydrogens (tertiary/aromatic N) is 2. The lowest BCUT2D eigenvalue weighted by Crippen LogP contribution is -2.28. The molecule has 0 bridgehead atoms. The van der Waals surface area contributed by atoms with Crippen LogP contribution in [0, 0.1) is 11.6 Å². The van der Waals surface area contributed by atoms with Crippen LogP contribution in [0.25, 0.3) is 0 Å². The number of benzene rings is 1. The Kier molecular flexibility index (Phi) is 3.88. The first kappa shape index (κ1) is 13.9. The highest BCUT2D eigenvalue weighted by molar-refractivity contribution is 5.96. The average molecular weight is 278 g/mol. The van der Waals surface area contributed by atoms with Gasteiger partial charge in [-0.3, -0.25) is 4.79 Å². The maximum Gasteiger partial charge on any atom is 0.274 e. The number of halogens is 2. The molecule has 0 saturated carbocycles. The van der Waals surface area contributed by atoms with Crippen molar-refractivity contribution in [2.24, 2.45) is 0 Å². The lowest BCUT2D eigenvalue weighted by molar-refractivity contribution is 0.0935. The maximum atomic E-state index is 13.1. The van der Waals surface area contributed by atoms with Crippen LogP contribution < -0.4 is 11.1 Å². The first-order valence-electron chi connectivity index (χ1n) is 5.81. The lowest BCUT2D eigenvalue weighted by atomic mass is 10.1. The van der Waals surface area contributed by atoms with Gasteiger partial charge >= 0.3 is 0 Å². The summed E-state index contributed by atoms with van der Waals surface area (Å²) in [6.07, 6.45) is 2.71. The van der Waals surface area contributed by atoms with Crippen LogP contribution in [0.15, 0.2) is 30.6 Å². The SMILES string of the molecule is C[C@@H](NC(=O)c1nccnc1N)c1ccc(F)c(F)c1. The predicted molar refractivity (Wildman–Crippen MR) is 68.7 cm³/mol. The fourth-order valence-corrected chi connectivity index (χ4v) is 1.65. The summed E-state index contributed by atoms with van der Waals surface area (Å²) in [6, 6.07) is 2.90. The molecule has 0 aliphatic carbocycles. The highest BCUT2D eigenvalue weighted by Gasteiger charge is 2.16. The fraction of sp³-hybridized carbons (Fsp3) is 0.154. The van der Waals surface area contributed by atoms with Crippen molar-refractivity contribution < 1.29 is 13.6 Å². The van der Waals surface area contributed by atoms with Gasteiger partial charge in [-0.25, -0.2) is 18.7 Å². The Morgan fingerprint density at radius 3 is 2.60 bits per heavy atom. The van der Waals surface area contributed by atoms with Crippen molar-refractivity contribution in [2.75, 3.05) is 5.73 Å². The van der Waals surface area contributed by atoms with Crippen molar-refractivity contribution >= 4 is 11.7 Å². The summed E-state index contributed by atoms with van der Waals surface area (Å²) in [5.41, 5.74) is 5.95. The van der Waals surface area contributed by atoms with E-state index in [0.29, 0.717) is 5.56 Å². The molecule has 2 aromatic rings. The van der Waals surface area contributed by atoms with Crippen molar-refractivity contribution in [3.05, 3.63) is 53.5 Å². The highest BCUT2D eigenvalue weighted by Crippen LogP contribution is 2.16. The number of anilines is 1. The number of hydrogen-bond acceptors (Lipinski definition) is 4. The van der Waals surface area contributed by atoms with Crippen LogP contribution in [-0.2, 0) is 0 Å². The molecule has 3 N–H and O–H groups in total. The van der Waals surface area contributed by atoms with Gasteiger partial charge in [0.05, 0.1) is 6.04 Å². The number of nitrogens with two attached hydrogens (primary N) is 1. The van der Waals surface area contributed by atoms with E-state index < -0.39 is 23.6 Å². The van der Waals surface area contributed by atoms with E-state index in [-0.39, 0.29) is 11.5 Å². The van der Waals surface area contributed by atoms with E-state index in [0.717, 1.165) is 12.1 Å². The van der Waals surface area contributed by atoms with Gasteiger partial charge in [0.25, 0.3) is 5.91 Å². The summed E-state index contributed by atoms with van der Waals surface area (Å²) in [5.74, 6) is -2.44. The molecule has 0 aliphatic rings. The van der Waals surface area contributed by atoms with E-state index in [1.165, 1.54) is 18.5 Å². The zero-order valence-corrected chi connectivity index (χ0v) is 10.6. The molecule has 2 rings (SSSR count). The smallest absolute Gasteiger partial charge is 0.274 e. The second-order valence-electron chi connectivity index (χ2n) is 4.16. The minimum absolute atomic E-state index is 0.00230. The van der Waals surface area contributed by atoms with Gasteiger partial charge in [0.2, 0.25) is 0 Å². The Labute approximate surface area is 113 Å². The van der Waals surface area contributed by atoms with Crippen molar-refractivity contribution in [3.63, 3.8) is 0 Å². The molecule has 5 nitrogen and oxygen atoms in total. The van der Waals surface area contributed by atoms with E-state index in [1.807, 2.05) is 0 Å². The second-order valence-corrected chi connectivity index (χ2v) is 4.16. The van der Waals surface area contributed by atoms with Gasteiger partial charge in [-0.15, -0.1) is 0 Å². The summed E-state index contributed by atoms with van der Waals surface area (Å²) < 4.78 is 26.0. The van der Waals surface area contributed by atoms with E-state index in [9.17, 15) is 13.6 Å². The maximum absolute atomic E-state index is 13.1. The normalized spacial score (nSPS) is 11.9. The minimum atomic E-state index is -0.970. The summed E-state index contributed by atoms with van der Waals surface area (Å²) in [7, 11) is 0. The first-order valence-corrected chi connectivity index (χ1v) is 5.81. The van der Waals surface area contributed by atoms with Crippen LogP contribution in [-0.4, -0.2) is 15.9 Å². The fourth-order valence-electron chi connectivity index (χ4n) is 1.65. The molecular formula is C13H12F2N4O. The standard InChI is InChI=1S/C13H12F2N4O/c1-7(8-2-3-9(14)10(15)6-8)19-13(20)11-12(16)18-5-4-17-11/h2-7H,1H3,(H2,16,18)(H,19,20)/t7-/m1/s1. The van der Waals surface area contributed by atoms with Crippen LogP contribution >= 0.6 is 0 Å². The average Bonchev–Trinajstić information content (AvgIpc) is 2.42. The third kappa shape index (κ3) is 2.87. The molecule has 0 saturated heterocycles. The van der Waals surface area contributed by atoms with Gasteiger partial charge < -0.3 is 11.1 Å². The summed E-state index contributed by atoms with van der Waals surface area (Å²) in [6.45, 7) is 1.64. The van der Waals surface area contributed by atoms with Crippen molar-refractivity contribution in [1.29, 1.82) is 0 Å².